The normalized spacial score (nSPS) is 23.4. The highest BCUT2D eigenvalue weighted by Gasteiger charge is 2.44. The Balaban J connectivity index is 1.17. The number of carboxylic acids is 1. The molecule has 0 spiro atoms. The summed E-state index contributed by atoms with van der Waals surface area (Å²) in [6.07, 6.45) is 6.73. The van der Waals surface area contributed by atoms with Crippen molar-refractivity contribution in [2.24, 2.45) is 5.92 Å². The minimum atomic E-state index is -1.38. The van der Waals surface area contributed by atoms with E-state index in [4.69, 9.17) is 14.5 Å². The largest absolute Gasteiger partial charge is 0.480 e. The second kappa shape index (κ2) is 13.9. The molecule has 1 aromatic heterocycles. The van der Waals surface area contributed by atoms with Gasteiger partial charge in [-0.15, -0.1) is 9.24 Å². The minimum absolute atomic E-state index is 0.0300. The van der Waals surface area contributed by atoms with Crippen molar-refractivity contribution in [3.05, 3.63) is 52.7 Å². The van der Waals surface area contributed by atoms with Gasteiger partial charge in [0.15, 0.2) is 3.68 Å². The van der Waals surface area contributed by atoms with E-state index >= 15 is 4.39 Å². The number of rotatable bonds is 12. The molecule has 2 fully saturated rings. The number of pyridine rings is 1. The second-order valence-electron chi connectivity index (χ2n) is 11.7. The van der Waals surface area contributed by atoms with Gasteiger partial charge >= 0.3 is 5.97 Å². The summed E-state index contributed by atoms with van der Waals surface area (Å²) >= 11 is 1.98. The first-order valence-corrected chi connectivity index (χ1v) is 16.5. The van der Waals surface area contributed by atoms with Crippen molar-refractivity contribution in [2.45, 2.75) is 73.8 Å². The molecule has 5 rings (SSSR count). The Morgan fingerprint density at radius 2 is 2.15 bits per heavy atom. The number of anilines is 1. The first kappa shape index (κ1) is 31.0. The Hall–Kier alpha value is -1.39. The quantitative estimate of drug-likeness (QED) is 0.141. The van der Waals surface area contributed by atoms with Crippen LogP contribution in [0.1, 0.15) is 67.0 Å². The molecule has 1 aromatic carbocycles. The molecule has 3 aliphatic heterocycles. The van der Waals surface area contributed by atoms with Crippen molar-refractivity contribution >= 4 is 48.9 Å². The Bertz CT molecular complexity index is 1210. The molecule has 4 unspecified atom stereocenters. The van der Waals surface area contributed by atoms with Crippen LogP contribution in [0.5, 0.6) is 0 Å². The number of aromatic nitrogens is 1. The Morgan fingerprint density at radius 1 is 1.29 bits per heavy atom. The SMILES string of the molecule is CN1CCCc2ccc(CCCCC(F)(I)C3CCN(C(C(=O)O)c4cccc(P)c4CO[C@H]4CCOC4)C3)nc21. The molecule has 5 atom stereocenters. The number of hydrogen-bond donors (Lipinski definition) is 1. The monoisotopic (exact) mass is 697 g/mol. The topological polar surface area (TPSA) is 75.1 Å². The lowest BCUT2D eigenvalue weighted by Crippen LogP contribution is -2.36. The molecule has 4 heterocycles. The number of nitrogens with zero attached hydrogens (tertiary/aromatic N) is 3. The van der Waals surface area contributed by atoms with Crippen LogP contribution >= 0.6 is 31.8 Å². The van der Waals surface area contributed by atoms with Crippen LogP contribution in [0, 0.1) is 5.92 Å². The summed E-state index contributed by atoms with van der Waals surface area (Å²) in [4.78, 5) is 21.7. The zero-order chi connectivity index (χ0) is 29.0. The number of carboxylic acid groups (broad SMARTS) is 1. The first-order chi connectivity index (χ1) is 19.7. The molecule has 0 saturated carbocycles. The van der Waals surface area contributed by atoms with Crippen LogP contribution in [0.25, 0.3) is 0 Å². The van der Waals surface area contributed by atoms with E-state index in [9.17, 15) is 9.90 Å². The zero-order valence-electron chi connectivity index (χ0n) is 23.9. The fraction of sp³-hybridized carbons (Fsp3) is 0.613. The number of halogens is 2. The maximum Gasteiger partial charge on any atom is 0.325 e. The Labute approximate surface area is 258 Å². The molecule has 0 radical (unpaired) electrons. The Morgan fingerprint density at radius 3 is 2.93 bits per heavy atom. The standard InChI is InChI=1S/C31H42FIN3O4P/c1-35-15-5-6-21-10-11-23(34-29(21)35)7-2-3-14-31(32,33)22-12-16-36(18-22)28(30(37)38)25-8-4-9-27(41)26(25)20-40-24-13-17-39-19-24/h4,8-11,22,24,28H,2-3,5-7,12-20,41H2,1H3,(H,37,38)/t22?,24-,28?,31?/m0/s1. The number of carbonyl (C=O) groups is 1. The maximum atomic E-state index is 16.0. The lowest BCUT2D eigenvalue weighted by Gasteiger charge is -2.29. The van der Waals surface area contributed by atoms with Crippen molar-refractivity contribution in [3.63, 3.8) is 0 Å². The fourth-order valence-corrected chi connectivity index (χ4v) is 7.66. The van der Waals surface area contributed by atoms with Crippen LogP contribution in [0.2, 0.25) is 0 Å². The third kappa shape index (κ3) is 7.58. The number of likely N-dealkylation sites (tertiary alicyclic amines) is 1. The summed E-state index contributed by atoms with van der Waals surface area (Å²) in [6.45, 7) is 3.61. The predicted molar refractivity (Wildman–Crippen MR) is 171 cm³/mol. The fourth-order valence-electron chi connectivity index (χ4n) is 6.41. The highest BCUT2D eigenvalue weighted by atomic mass is 127. The van der Waals surface area contributed by atoms with Crippen molar-refractivity contribution in [1.29, 1.82) is 0 Å². The van der Waals surface area contributed by atoms with E-state index in [2.05, 4.69) is 33.3 Å². The number of aliphatic carboxylic acids is 1. The van der Waals surface area contributed by atoms with Gasteiger partial charge in [-0.2, -0.15) is 0 Å². The molecule has 0 bridgehead atoms. The van der Waals surface area contributed by atoms with Gasteiger partial charge in [0.1, 0.15) is 11.9 Å². The van der Waals surface area contributed by atoms with Gasteiger partial charge in [-0.25, -0.2) is 9.37 Å². The van der Waals surface area contributed by atoms with Crippen molar-refractivity contribution < 1.29 is 23.8 Å². The van der Waals surface area contributed by atoms with Crippen LogP contribution in [0.3, 0.4) is 0 Å². The highest BCUT2D eigenvalue weighted by molar-refractivity contribution is 14.1. The van der Waals surface area contributed by atoms with Gasteiger partial charge in [0.05, 0.1) is 19.3 Å². The average molecular weight is 698 g/mol. The number of hydrogen-bond acceptors (Lipinski definition) is 6. The van der Waals surface area contributed by atoms with Gasteiger partial charge < -0.3 is 19.5 Å². The molecule has 10 heteroatoms. The summed E-state index contributed by atoms with van der Waals surface area (Å²) < 4.78 is 26.2. The van der Waals surface area contributed by atoms with Crippen LogP contribution in [0.15, 0.2) is 30.3 Å². The summed E-state index contributed by atoms with van der Waals surface area (Å²) in [5, 5.41) is 11.3. The van der Waals surface area contributed by atoms with Crippen molar-refractivity contribution in [2.75, 3.05) is 44.8 Å². The number of aryl methyl sites for hydroxylation is 2. The Kier molecular flexibility index (Phi) is 10.6. The molecular weight excluding hydrogens is 655 g/mol. The van der Waals surface area contributed by atoms with Gasteiger partial charge in [-0.3, -0.25) is 9.69 Å². The number of unbranched alkanes of at least 4 members (excludes halogenated alkanes) is 1. The van der Waals surface area contributed by atoms with Crippen LogP contribution in [-0.2, 0) is 33.7 Å². The van der Waals surface area contributed by atoms with E-state index in [-0.39, 0.29) is 12.0 Å². The van der Waals surface area contributed by atoms with E-state index in [1.54, 1.807) is 0 Å². The number of fused-ring (bicyclic) bond motifs is 1. The molecule has 0 aliphatic carbocycles. The lowest BCUT2D eigenvalue weighted by atomic mass is 9.96. The summed E-state index contributed by atoms with van der Waals surface area (Å²) in [5.74, 6) is -0.0289. The second-order valence-corrected chi connectivity index (χ2v) is 14.1. The van der Waals surface area contributed by atoms with E-state index in [0.29, 0.717) is 45.8 Å². The summed E-state index contributed by atoms with van der Waals surface area (Å²) in [5.41, 5.74) is 3.99. The smallest absolute Gasteiger partial charge is 0.325 e. The maximum absolute atomic E-state index is 16.0. The first-order valence-electron chi connectivity index (χ1n) is 14.8. The molecule has 41 heavy (non-hydrogen) atoms. The zero-order valence-corrected chi connectivity index (χ0v) is 27.2. The molecule has 0 amide bonds. The third-order valence-electron chi connectivity index (χ3n) is 8.82. The molecule has 224 valence electrons. The van der Waals surface area contributed by atoms with E-state index in [1.807, 2.05) is 45.7 Å². The third-order valence-corrected chi connectivity index (χ3v) is 10.8. The van der Waals surface area contributed by atoms with E-state index < -0.39 is 15.7 Å². The summed E-state index contributed by atoms with van der Waals surface area (Å²) in [7, 11) is 4.81. The van der Waals surface area contributed by atoms with Gasteiger partial charge in [0, 0.05) is 38.4 Å². The van der Waals surface area contributed by atoms with Gasteiger partial charge in [0.2, 0.25) is 0 Å². The van der Waals surface area contributed by atoms with Crippen LogP contribution in [-0.4, -0.2) is 70.6 Å². The van der Waals surface area contributed by atoms with Gasteiger partial charge in [-0.05, 0) is 109 Å². The van der Waals surface area contributed by atoms with Crippen molar-refractivity contribution in [3.8, 4) is 0 Å². The van der Waals surface area contributed by atoms with E-state index in [1.165, 1.54) is 12.0 Å². The number of benzene rings is 1. The minimum Gasteiger partial charge on any atom is -0.480 e. The molecule has 3 aliphatic rings. The lowest BCUT2D eigenvalue weighted by molar-refractivity contribution is -0.143. The highest BCUT2D eigenvalue weighted by Crippen LogP contribution is 2.43. The predicted octanol–water partition coefficient (Wildman–Crippen LogP) is 5.23. The number of alkyl halides is 2. The molecular formula is C31H42FIN3O4P. The molecule has 7 nitrogen and oxygen atoms in total. The summed E-state index contributed by atoms with van der Waals surface area (Å²) in [6, 6.07) is 9.21. The average Bonchev–Trinajstić information content (AvgIpc) is 3.64. The van der Waals surface area contributed by atoms with Crippen molar-refractivity contribution in [1.82, 2.24) is 9.88 Å². The van der Waals surface area contributed by atoms with Gasteiger partial charge in [0.25, 0.3) is 0 Å². The molecule has 2 aromatic rings. The number of ether oxygens (including phenoxy) is 2. The molecule has 1 N–H and O–H groups in total. The van der Waals surface area contributed by atoms with Crippen LogP contribution < -0.4 is 10.2 Å². The van der Waals surface area contributed by atoms with Crippen LogP contribution in [0.4, 0.5) is 10.2 Å². The molecule has 2 saturated heterocycles. The van der Waals surface area contributed by atoms with Gasteiger partial charge in [-0.1, -0.05) is 24.3 Å². The van der Waals surface area contributed by atoms with E-state index in [0.717, 1.165) is 66.6 Å².